The number of thioether (sulfide) groups is 1. The zero-order valence-corrected chi connectivity index (χ0v) is 17.3. The molecule has 4 rings (SSSR count). The van der Waals surface area contributed by atoms with Crippen LogP contribution in [0, 0.1) is 5.92 Å². The van der Waals surface area contributed by atoms with E-state index in [2.05, 4.69) is 12.2 Å². The molecular weight excluding hydrogens is 370 g/mol. The van der Waals surface area contributed by atoms with E-state index in [1.165, 1.54) is 31.0 Å². The van der Waals surface area contributed by atoms with Crippen LogP contribution < -0.4 is 10.9 Å². The largest absolute Gasteiger partial charge is 0.352 e. The number of benzene rings is 1. The van der Waals surface area contributed by atoms with Crippen molar-refractivity contribution in [2.24, 2.45) is 5.92 Å². The van der Waals surface area contributed by atoms with Gasteiger partial charge in [0.2, 0.25) is 5.91 Å². The molecular formula is C22H29N3O2S. The monoisotopic (exact) mass is 399 g/mol. The highest BCUT2D eigenvalue weighted by molar-refractivity contribution is 7.99. The molecule has 1 aromatic carbocycles. The van der Waals surface area contributed by atoms with Crippen LogP contribution in [0.1, 0.15) is 64.3 Å². The highest BCUT2D eigenvalue weighted by Crippen LogP contribution is 2.32. The van der Waals surface area contributed by atoms with Gasteiger partial charge in [-0.2, -0.15) is 0 Å². The summed E-state index contributed by atoms with van der Waals surface area (Å²) in [5.74, 6) is 0.892. The first kappa shape index (κ1) is 19.5. The summed E-state index contributed by atoms with van der Waals surface area (Å²) in [7, 11) is 0. The number of aromatic nitrogens is 2. The molecule has 2 atom stereocenters. The Morgan fingerprint density at radius 1 is 1.14 bits per heavy atom. The van der Waals surface area contributed by atoms with Gasteiger partial charge in [0.05, 0.1) is 16.7 Å². The molecule has 0 aliphatic heterocycles. The smallest absolute Gasteiger partial charge is 0.262 e. The van der Waals surface area contributed by atoms with Crippen LogP contribution in [0.3, 0.4) is 0 Å². The van der Waals surface area contributed by atoms with Gasteiger partial charge >= 0.3 is 0 Å². The van der Waals surface area contributed by atoms with Gasteiger partial charge in [0, 0.05) is 12.1 Å². The maximum absolute atomic E-state index is 13.1. The first-order valence-electron chi connectivity index (χ1n) is 10.6. The zero-order chi connectivity index (χ0) is 19.5. The second kappa shape index (κ2) is 8.68. The van der Waals surface area contributed by atoms with Crippen molar-refractivity contribution in [3.05, 3.63) is 34.6 Å². The Labute approximate surface area is 170 Å². The summed E-state index contributed by atoms with van der Waals surface area (Å²) in [6.45, 7) is 2.22. The van der Waals surface area contributed by atoms with E-state index < -0.39 is 0 Å². The fourth-order valence-electron chi connectivity index (χ4n) is 4.62. The van der Waals surface area contributed by atoms with Crippen LogP contribution >= 0.6 is 11.8 Å². The minimum absolute atomic E-state index is 0.0290. The Bertz CT molecular complexity index is 904. The average Bonchev–Trinajstić information content (AvgIpc) is 3.22. The van der Waals surface area contributed by atoms with Crippen LogP contribution in [0.4, 0.5) is 0 Å². The van der Waals surface area contributed by atoms with Gasteiger partial charge in [-0.1, -0.05) is 56.5 Å². The van der Waals surface area contributed by atoms with Crippen molar-refractivity contribution in [3.63, 3.8) is 0 Å². The fourth-order valence-corrected chi connectivity index (χ4v) is 5.50. The van der Waals surface area contributed by atoms with Crippen LogP contribution in [0.15, 0.2) is 34.2 Å². The van der Waals surface area contributed by atoms with Gasteiger partial charge in [0.25, 0.3) is 5.56 Å². The number of carbonyl (C=O) groups is 1. The van der Waals surface area contributed by atoms with Crippen LogP contribution in [-0.2, 0) is 4.79 Å². The molecule has 28 heavy (non-hydrogen) atoms. The highest BCUT2D eigenvalue weighted by Gasteiger charge is 2.25. The van der Waals surface area contributed by atoms with E-state index in [1.807, 2.05) is 28.8 Å². The van der Waals surface area contributed by atoms with E-state index >= 15 is 0 Å². The summed E-state index contributed by atoms with van der Waals surface area (Å²) in [6.07, 6.45) is 9.03. The molecule has 0 saturated heterocycles. The SMILES string of the molecule is C[C@@H]1CCCC[C@@H]1NC(=O)CSc1nc2ccccc2c(=O)n1C1CCCC1. The Morgan fingerprint density at radius 3 is 2.64 bits per heavy atom. The Kier molecular flexibility index (Phi) is 6.04. The predicted octanol–water partition coefficient (Wildman–Crippen LogP) is 4.30. The molecule has 2 fully saturated rings. The molecule has 1 N–H and O–H groups in total. The van der Waals surface area contributed by atoms with Gasteiger partial charge in [-0.15, -0.1) is 0 Å². The molecule has 6 heteroatoms. The normalized spacial score (nSPS) is 23.2. The standard InChI is InChI=1S/C22H29N3O2S/c1-15-8-2-6-12-18(15)23-20(26)14-28-22-24-19-13-7-5-11-17(19)21(27)25(22)16-9-3-4-10-16/h5,7,11,13,15-16,18H,2-4,6,8-10,12,14H2,1H3,(H,23,26)/t15-,18+/m1/s1. The Hall–Kier alpha value is -1.82. The predicted molar refractivity (Wildman–Crippen MR) is 114 cm³/mol. The molecule has 2 aromatic rings. The van der Waals surface area contributed by atoms with Crippen LogP contribution in [0.5, 0.6) is 0 Å². The molecule has 0 spiro atoms. The summed E-state index contributed by atoms with van der Waals surface area (Å²) in [5, 5.41) is 4.55. The van der Waals surface area contributed by atoms with E-state index in [1.54, 1.807) is 0 Å². The molecule has 0 unspecified atom stereocenters. The first-order chi connectivity index (χ1) is 13.6. The third kappa shape index (κ3) is 4.12. The Balaban J connectivity index is 1.54. The molecule has 2 saturated carbocycles. The number of nitrogens with zero attached hydrogens (tertiary/aromatic N) is 2. The maximum atomic E-state index is 13.1. The third-order valence-electron chi connectivity index (χ3n) is 6.26. The van der Waals surface area contributed by atoms with E-state index in [9.17, 15) is 9.59 Å². The van der Waals surface area contributed by atoms with Gasteiger partial charge in [0.1, 0.15) is 0 Å². The second-order valence-corrected chi connectivity index (χ2v) is 9.19. The lowest BCUT2D eigenvalue weighted by atomic mass is 9.86. The fraction of sp³-hybridized carbons (Fsp3) is 0.591. The number of carbonyl (C=O) groups excluding carboxylic acids is 1. The van der Waals surface area contributed by atoms with Crippen molar-refractivity contribution in [1.29, 1.82) is 0 Å². The van der Waals surface area contributed by atoms with Gasteiger partial charge in [0.15, 0.2) is 5.16 Å². The number of amides is 1. The first-order valence-corrected chi connectivity index (χ1v) is 11.6. The molecule has 0 bridgehead atoms. The Morgan fingerprint density at radius 2 is 1.86 bits per heavy atom. The summed E-state index contributed by atoms with van der Waals surface area (Å²) < 4.78 is 1.86. The van der Waals surface area contributed by atoms with E-state index in [4.69, 9.17) is 4.98 Å². The molecule has 1 aromatic heterocycles. The molecule has 5 nitrogen and oxygen atoms in total. The van der Waals surface area contributed by atoms with Crippen LogP contribution in [0.25, 0.3) is 10.9 Å². The number of hydrogen-bond acceptors (Lipinski definition) is 4. The quantitative estimate of drug-likeness (QED) is 0.601. The molecule has 2 aliphatic carbocycles. The lowest BCUT2D eigenvalue weighted by Crippen LogP contribution is -2.42. The van der Waals surface area contributed by atoms with Gasteiger partial charge < -0.3 is 5.32 Å². The lowest BCUT2D eigenvalue weighted by molar-refractivity contribution is -0.119. The van der Waals surface area contributed by atoms with Crippen molar-refractivity contribution < 1.29 is 4.79 Å². The number of rotatable bonds is 5. The summed E-state index contributed by atoms with van der Waals surface area (Å²) in [5.41, 5.74) is 0.742. The van der Waals surface area contributed by atoms with E-state index in [-0.39, 0.29) is 23.6 Å². The van der Waals surface area contributed by atoms with Crippen LogP contribution in [-0.4, -0.2) is 27.3 Å². The molecule has 1 amide bonds. The maximum Gasteiger partial charge on any atom is 0.262 e. The molecule has 150 valence electrons. The minimum Gasteiger partial charge on any atom is -0.352 e. The van der Waals surface area contributed by atoms with Crippen molar-refractivity contribution in [2.75, 3.05) is 5.75 Å². The molecule has 1 heterocycles. The summed E-state index contributed by atoms with van der Waals surface area (Å²) >= 11 is 1.40. The number of fused-ring (bicyclic) bond motifs is 1. The summed E-state index contributed by atoms with van der Waals surface area (Å²) in [6, 6.07) is 8.00. The average molecular weight is 400 g/mol. The topological polar surface area (TPSA) is 64.0 Å². The van der Waals surface area contributed by atoms with Crippen LogP contribution in [0.2, 0.25) is 0 Å². The van der Waals surface area contributed by atoms with E-state index in [0.717, 1.165) is 32.1 Å². The number of para-hydroxylation sites is 1. The van der Waals surface area contributed by atoms with Crippen molar-refractivity contribution in [1.82, 2.24) is 14.9 Å². The molecule has 2 aliphatic rings. The van der Waals surface area contributed by atoms with Gasteiger partial charge in [-0.25, -0.2) is 4.98 Å². The van der Waals surface area contributed by atoms with Crippen molar-refractivity contribution in [3.8, 4) is 0 Å². The second-order valence-electron chi connectivity index (χ2n) is 8.25. The number of hydrogen-bond donors (Lipinski definition) is 1. The van der Waals surface area contributed by atoms with Gasteiger partial charge in [-0.05, 0) is 43.7 Å². The number of nitrogens with one attached hydrogen (secondary N) is 1. The summed E-state index contributed by atoms with van der Waals surface area (Å²) in [4.78, 5) is 30.5. The van der Waals surface area contributed by atoms with Crippen molar-refractivity contribution in [2.45, 2.75) is 75.5 Å². The minimum atomic E-state index is 0.0290. The van der Waals surface area contributed by atoms with Gasteiger partial charge in [-0.3, -0.25) is 14.2 Å². The van der Waals surface area contributed by atoms with E-state index in [0.29, 0.717) is 27.7 Å². The molecule has 0 radical (unpaired) electrons. The van der Waals surface area contributed by atoms with Crippen molar-refractivity contribution >= 4 is 28.6 Å². The zero-order valence-electron chi connectivity index (χ0n) is 16.5. The highest BCUT2D eigenvalue weighted by atomic mass is 32.2. The lowest BCUT2D eigenvalue weighted by Gasteiger charge is -2.29. The third-order valence-corrected chi connectivity index (χ3v) is 7.21.